The molecule has 0 spiro atoms. The van der Waals surface area contributed by atoms with Gasteiger partial charge in [-0.05, 0) is 17.7 Å². The molecular weight excluding hydrogens is 589 g/mol. The van der Waals surface area contributed by atoms with Crippen LogP contribution in [0.4, 0.5) is 13.2 Å². The van der Waals surface area contributed by atoms with Crippen LogP contribution in [0.3, 0.4) is 0 Å². The molecule has 1 aromatic carbocycles. The Morgan fingerprint density at radius 2 is 1.95 bits per heavy atom. The van der Waals surface area contributed by atoms with Crippen molar-refractivity contribution in [1.82, 2.24) is 15.0 Å². The summed E-state index contributed by atoms with van der Waals surface area (Å²) in [4.78, 5) is 27.2. The van der Waals surface area contributed by atoms with Crippen LogP contribution in [0.1, 0.15) is 19.4 Å². The number of halogens is 3. The molecule has 2 aliphatic rings. The fourth-order valence-corrected chi connectivity index (χ4v) is 6.27. The van der Waals surface area contributed by atoms with Crippen molar-refractivity contribution in [3.8, 4) is 11.3 Å². The molecule has 2 saturated heterocycles. The third-order valence-corrected chi connectivity index (χ3v) is 8.15. The Balaban J connectivity index is 1.74. The Morgan fingerprint density at radius 1 is 1.24 bits per heavy atom. The maximum Gasteiger partial charge on any atom is 0.308 e. The molecule has 1 N–H and O–H groups in total. The highest BCUT2D eigenvalue weighted by atomic mass is 32.2. The lowest BCUT2D eigenvalue weighted by Crippen LogP contribution is -2.57. The fourth-order valence-electron chi connectivity index (χ4n) is 4.77. The highest BCUT2D eigenvalue weighted by Crippen LogP contribution is 2.42. The molecule has 0 radical (unpaired) electrons. The van der Waals surface area contributed by atoms with Gasteiger partial charge >= 0.3 is 11.9 Å². The van der Waals surface area contributed by atoms with E-state index >= 15 is 0 Å². The van der Waals surface area contributed by atoms with E-state index in [0.29, 0.717) is 0 Å². The van der Waals surface area contributed by atoms with Gasteiger partial charge in [0.1, 0.15) is 29.4 Å². The van der Waals surface area contributed by atoms with Crippen LogP contribution in [0.25, 0.3) is 21.7 Å². The lowest BCUT2D eigenvalue weighted by atomic mass is 9.94. The third kappa shape index (κ3) is 6.79. The average Bonchev–Trinajstić information content (AvgIpc) is 3.44. The average molecular weight is 617 g/mol. The predicted octanol–water partition coefficient (Wildman–Crippen LogP) is 2.31. The summed E-state index contributed by atoms with van der Waals surface area (Å²) in [5, 5.41) is 21.8. The van der Waals surface area contributed by atoms with Crippen LogP contribution in [0.5, 0.6) is 0 Å². The number of esters is 2. The van der Waals surface area contributed by atoms with Crippen molar-refractivity contribution in [2.75, 3.05) is 27.4 Å². The number of azide groups is 1. The van der Waals surface area contributed by atoms with E-state index in [9.17, 15) is 27.9 Å². The SMILES string of the molecule is COC(=O)C[C@H]1O[C@@H](S[C@@H]2COC[C@H](N=[N+]=[N-])[C@H]2O)[C@H](OC)[C@@H](n2cc(-c3cc(F)c(F)c(F)c3)nn2)[C@H]1OC(C)=O. The Bertz CT molecular complexity index is 1320. The predicted molar refractivity (Wildman–Crippen MR) is 137 cm³/mol. The van der Waals surface area contributed by atoms with E-state index in [1.54, 1.807) is 0 Å². The molecule has 4 rings (SSSR count). The Labute approximate surface area is 241 Å². The minimum absolute atomic E-state index is 0.00986. The molecule has 2 fully saturated rings. The molecule has 1 aromatic heterocycles. The number of hydrogen-bond donors (Lipinski definition) is 1. The number of hydrogen-bond acceptors (Lipinski definition) is 12. The fraction of sp³-hybridized carbons (Fsp3) is 0.583. The van der Waals surface area contributed by atoms with Crippen molar-refractivity contribution in [3.05, 3.63) is 46.2 Å². The molecule has 14 nitrogen and oxygen atoms in total. The van der Waals surface area contributed by atoms with E-state index in [1.165, 1.54) is 25.1 Å². The number of carbonyl (C=O) groups is 2. The molecule has 0 bridgehead atoms. The highest BCUT2D eigenvalue weighted by Gasteiger charge is 2.52. The van der Waals surface area contributed by atoms with Crippen LogP contribution in [0, 0.1) is 17.5 Å². The number of rotatable bonds is 9. The third-order valence-electron chi connectivity index (χ3n) is 6.74. The van der Waals surface area contributed by atoms with Crippen molar-refractivity contribution in [1.29, 1.82) is 0 Å². The van der Waals surface area contributed by atoms with Gasteiger partial charge in [0, 0.05) is 24.5 Å². The van der Waals surface area contributed by atoms with E-state index in [1.807, 2.05) is 0 Å². The van der Waals surface area contributed by atoms with E-state index in [0.717, 1.165) is 30.8 Å². The summed E-state index contributed by atoms with van der Waals surface area (Å²) >= 11 is 1.08. The summed E-state index contributed by atoms with van der Waals surface area (Å²) < 4.78 is 70.5. The Kier molecular flexibility index (Phi) is 10.3. The maximum atomic E-state index is 13.9. The number of methoxy groups -OCH3 is 2. The van der Waals surface area contributed by atoms with Gasteiger partial charge in [0.2, 0.25) is 0 Å². The van der Waals surface area contributed by atoms with Crippen molar-refractivity contribution in [2.45, 2.75) is 60.5 Å². The van der Waals surface area contributed by atoms with Crippen LogP contribution in [-0.2, 0) is 33.3 Å². The number of aliphatic hydroxyl groups is 1. The van der Waals surface area contributed by atoms with Crippen LogP contribution in [0.15, 0.2) is 23.4 Å². The van der Waals surface area contributed by atoms with E-state index < -0.39 is 76.6 Å². The maximum absolute atomic E-state index is 13.9. The zero-order chi connectivity index (χ0) is 30.6. The number of ether oxygens (including phenoxy) is 5. The first-order valence-corrected chi connectivity index (χ1v) is 13.5. The van der Waals surface area contributed by atoms with Crippen molar-refractivity contribution < 1.29 is 51.6 Å². The van der Waals surface area contributed by atoms with Crippen LogP contribution < -0.4 is 0 Å². The lowest BCUT2D eigenvalue weighted by molar-refractivity contribution is -0.203. The van der Waals surface area contributed by atoms with E-state index in [-0.39, 0.29) is 30.9 Å². The van der Waals surface area contributed by atoms with Crippen LogP contribution >= 0.6 is 11.8 Å². The second kappa shape index (κ2) is 13.7. The molecule has 0 aliphatic carbocycles. The zero-order valence-corrected chi connectivity index (χ0v) is 23.3. The number of carbonyl (C=O) groups excluding carboxylic acids is 2. The number of thioether (sulfide) groups is 1. The van der Waals surface area contributed by atoms with Crippen LogP contribution in [-0.4, -0.2) is 101 Å². The van der Waals surface area contributed by atoms with Gasteiger partial charge in [-0.3, -0.25) is 9.59 Å². The number of aliphatic hydroxyl groups excluding tert-OH is 1. The molecule has 2 aromatic rings. The molecule has 3 heterocycles. The number of nitrogens with zero attached hydrogens (tertiary/aromatic N) is 6. The lowest BCUT2D eigenvalue weighted by Gasteiger charge is -2.46. The number of benzene rings is 1. The second-order valence-electron chi connectivity index (χ2n) is 9.40. The van der Waals surface area contributed by atoms with Gasteiger partial charge in [-0.25, -0.2) is 17.9 Å². The first-order chi connectivity index (χ1) is 20.1. The summed E-state index contributed by atoms with van der Waals surface area (Å²) in [5.41, 5.74) is 7.72. The topological polar surface area (TPSA) is 180 Å². The van der Waals surface area contributed by atoms with Crippen molar-refractivity contribution >= 4 is 23.7 Å². The molecule has 18 heteroatoms. The van der Waals surface area contributed by atoms with Gasteiger partial charge in [-0.1, -0.05) is 10.3 Å². The van der Waals surface area contributed by atoms with Gasteiger partial charge in [0.25, 0.3) is 0 Å². The Morgan fingerprint density at radius 3 is 2.57 bits per heavy atom. The summed E-state index contributed by atoms with van der Waals surface area (Å²) in [6, 6.07) is -0.407. The van der Waals surface area contributed by atoms with Gasteiger partial charge in [-0.15, -0.1) is 16.9 Å². The molecular formula is C24H27F3N6O8S. The van der Waals surface area contributed by atoms with Gasteiger partial charge in [-0.2, -0.15) is 0 Å². The summed E-state index contributed by atoms with van der Waals surface area (Å²) in [5.74, 6) is -5.91. The van der Waals surface area contributed by atoms with Gasteiger partial charge in [0.05, 0.1) is 50.3 Å². The molecule has 0 saturated carbocycles. The van der Waals surface area contributed by atoms with E-state index in [2.05, 4.69) is 20.3 Å². The van der Waals surface area contributed by atoms with Gasteiger partial charge in [0.15, 0.2) is 23.6 Å². The van der Waals surface area contributed by atoms with E-state index in [4.69, 9.17) is 29.2 Å². The minimum atomic E-state index is -1.65. The summed E-state index contributed by atoms with van der Waals surface area (Å²) in [6.45, 7) is 1.22. The second-order valence-corrected chi connectivity index (χ2v) is 10.7. The number of aromatic nitrogens is 3. The van der Waals surface area contributed by atoms with Crippen molar-refractivity contribution in [2.24, 2.45) is 5.11 Å². The quantitative estimate of drug-likeness (QED) is 0.144. The molecule has 2 aliphatic heterocycles. The molecule has 42 heavy (non-hydrogen) atoms. The molecule has 8 atom stereocenters. The summed E-state index contributed by atoms with van der Waals surface area (Å²) in [7, 11) is 2.52. The molecule has 0 unspecified atom stereocenters. The highest BCUT2D eigenvalue weighted by molar-refractivity contribution is 8.00. The first kappa shape index (κ1) is 31.5. The monoisotopic (exact) mass is 616 g/mol. The molecule has 0 amide bonds. The minimum Gasteiger partial charge on any atom is -0.469 e. The standard InChI is InChI=1S/C24H27F3N6O8S/c1-10(34)40-22-16(6-18(35)37-2)41-24(42-17-9-39-8-15(21(17)36)29-31-28)23(38-3)20(22)33-7-14(30-32-33)11-4-12(25)19(27)13(26)5-11/h4-5,7,15-17,20-24,36H,6,8-9H2,1-3H3/t15-,16+,17+,20-,21+,22-,23+,24-/m0/s1. The molecule has 228 valence electrons. The Hall–Kier alpha value is -3.41. The zero-order valence-electron chi connectivity index (χ0n) is 22.5. The smallest absolute Gasteiger partial charge is 0.308 e. The first-order valence-electron chi connectivity index (χ1n) is 12.5. The normalized spacial score (nSPS) is 29.4. The van der Waals surface area contributed by atoms with Crippen molar-refractivity contribution in [3.63, 3.8) is 0 Å². The largest absolute Gasteiger partial charge is 0.469 e. The van der Waals surface area contributed by atoms with Gasteiger partial charge < -0.3 is 28.8 Å². The summed E-state index contributed by atoms with van der Waals surface area (Å²) in [6.07, 6.45) is -3.50. The van der Waals surface area contributed by atoms with Crippen LogP contribution in [0.2, 0.25) is 0 Å².